The van der Waals surface area contributed by atoms with E-state index in [-0.39, 0.29) is 24.1 Å². The van der Waals surface area contributed by atoms with Crippen molar-refractivity contribution >= 4 is 23.4 Å². The number of hydrogen-bond donors (Lipinski definition) is 0. The Morgan fingerprint density at radius 1 is 0.786 bits per heavy atom. The molecule has 0 radical (unpaired) electrons. The first-order valence-electron chi connectivity index (χ1n) is 9.68. The van der Waals surface area contributed by atoms with E-state index in [0.717, 1.165) is 24.5 Å². The molecule has 3 rings (SSSR count). The Morgan fingerprint density at radius 2 is 1.25 bits per heavy atom. The van der Waals surface area contributed by atoms with Gasteiger partial charge in [0.15, 0.2) is 0 Å². The van der Waals surface area contributed by atoms with Crippen LogP contribution in [0.25, 0.3) is 0 Å². The van der Waals surface area contributed by atoms with Crippen molar-refractivity contribution in [3.8, 4) is 5.75 Å². The Morgan fingerprint density at radius 3 is 1.71 bits per heavy atom. The maximum Gasteiger partial charge on any atom is 0.232 e. The van der Waals surface area contributed by atoms with Gasteiger partial charge in [0.1, 0.15) is 12.2 Å². The van der Waals surface area contributed by atoms with E-state index in [1.54, 1.807) is 21.8 Å². The lowest BCUT2D eigenvalue weighted by molar-refractivity contribution is -0.144. The highest BCUT2D eigenvalue weighted by Crippen LogP contribution is 2.20. The highest BCUT2D eigenvalue weighted by Gasteiger charge is 2.27. The van der Waals surface area contributed by atoms with Gasteiger partial charge in [0.05, 0.1) is 7.11 Å². The van der Waals surface area contributed by atoms with Gasteiger partial charge in [0.25, 0.3) is 0 Å². The second kappa shape index (κ2) is 8.95. The van der Waals surface area contributed by atoms with Gasteiger partial charge >= 0.3 is 0 Å². The Hall–Kier alpha value is -2.77. The number of methoxy groups -OCH3 is 1. The number of benzene rings is 1. The van der Waals surface area contributed by atoms with Crippen LogP contribution in [0.5, 0.6) is 5.75 Å². The number of nitrogens with zero attached hydrogens (tertiary/aromatic N) is 4. The predicted molar refractivity (Wildman–Crippen MR) is 105 cm³/mol. The zero-order valence-electron chi connectivity index (χ0n) is 16.6. The fraction of sp³-hybridized carbons (Fsp3) is 0.550. The average molecular weight is 388 g/mol. The minimum absolute atomic E-state index is 0.0258. The lowest BCUT2D eigenvalue weighted by atomic mass is 10.2. The molecule has 0 saturated carbocycles. The summed E-state index contributed by atoms with van der Waals surface area (Å²) < 4.78 is 5.18. The fourth-order valence-corrected chi connectivity index (χ4v) is 3.63. The van der Waals surface area contributed by atoms with Crippen LogP contribution in [0.4, 0.5) is 5.69 Å². The third kappa shape index (κ3) is 4.74. The van der Waals surface area contributed by atoms with Crippen molar-refractivity contribution in [1.29, 1.82) is 0 Å². The molecule has 2 fully saturated rings. The van der Waals surface area contributed by atoms with E-state index < -0.39 is 0 Å². The van der Waals surface area contributed by atoms with E-state index in [1.807, 2.05) is 24.3 Å². The molecule has 0 N–H and O–H groups in total. The average Bonchev–Trinajstić information content (AvgIpc) is 2.74. The SMILES string of the molecule is COc1ccc(N2CCN(C(=O)CC(=O)N3CCN(C(C)=O)CC3)CC2)cc1. The van der Waals surface area contributed by atoms with Crippen LogP contribution in [0, 0.1) is 0 Å². The first kappa shape index (κ1) is 20.0. The summed E-state index contributed by atoms with van der Waals surface area (Å²) in [5.41, 5.74) is 1.10. The quantitative estimate of drug-likeness (QED) is 0.700. The Labute approximate surface area is 165 Å². The van der Waals surface area contributed by atoms with E-state index in [9.17, 15) is 14.4 Å². The Bertz CT molecular complexity index is 705. The minimum Gasteiger partial charge on any atom is -0.497 e. The van der Waals surface area contributed by atoms with Crippen LogP contribution in [0.2, 0.25) is 0 Å². The molecule has 8 heteroatoms. The third-order valence-corrected chi connectivity index (χ3v) is 5.45. The van der Waals surface area contributed by atoms with Gasteiger partial charge in [-0.3, -0.25) is 14.4 Å². The molecule has 152 valence electrons. The predicted octanol–water partition coefficient (Wildman–Crippen LogP) is 0.425. The molecule has 0 aliphatic carbocycles. The number of rotatable bonds is 4. The number of amides is 3. The van der Waals surface area contributed by atoms with Crippen molar-refractivity contribution < 1.29 is 19.1 Å². The number of carbonyl (C=O) groups is 3. The molecular formula is C20H28N4O4. The van der Waals surface area contributed by atoms with Gasteiger partial charge in [-0.25, -0.2) is 0 Å². The van der Waals surface area contributed by atoms with Crippen LogP contribution in [-0.2, 0) is 14.4 Å². The molecular weight excluding hydrogens is 360 g/mol. The maximum absolute atomic E-state index is 12.5. The molecule has 8 nitrogen and oxygen atoms in total. The number of hydrogen-bond acceptors (Lipinski definition) is 5. The standard InChI is InChI=1S/C20H28N4O4/c1-16(25)21-7-11-23(12-8-21)19(26)15-20(27)24-13-9-22(10-14-24)17-3-5-18(28-2)6-4-17/h3-6H,7-15H2,1-2H3. The third-order valence-electron chi connectivity index (χ3n) is 5.45. The molecule has 0 unspecified atom stereocenters. The van der Waals surface area contributed by atoms with Crippen molar-refractivity contribution in [2.24, 2.45) is 0 Å². The molecule has 2 aliphatic heterocycles. The number of piperazine rings is 2. The number of carbonyl (C=O) groups excluding carboxylic acids is 3. The summed E-state index contributed by atoms with van der Waals surface area (Å²) in [6.45, 7) is 6.30. The van der Waals surface area contributed by atoms with E-state index in [1.165, 1.54) is 6.92 Å². The lowest BCUT2D eigenvalue weighted by Crippen LogP contribution is -2.52. The molecule has 3 amide bonds. The van der Waals surface area contributed by atoms with Crippen LogP contribution < -0.4 is 9.64 Å². The van der Waals surface area contributed by atoms with Crippen LogP contribution in [0.15, 0.2) is 24.3 Å². The van der Waals surface area contributed by atoms with E-state index in [2.05, 4.69) is 4.90 Å². The number of anilines is 1. The lowest BCUT2D eigenvalue weighted by Gasteiger charge is -2.37. The van der Waals surface area contributed by atoms with Gasteiger partial charge < -0.3 is 24.3 Å². The first-order chi connectivity index (χ1) is 13.5. The zero-order valence-corrected chi connectivity index (χ0v) is 16.6. The van der Waals surface area contributed by atoms with Crippen molar-refractivity contribution in [3.63, 3.8) is 0 Å². The van der Waals surface area contributed by atoms with Crippen molar-refractivity contribution in [2.75, 3.05) is 64.4 Å². The summed E-state index contributed by atoms with van der Waals surface area (Å²) in [7, 11) is 1.64. The Balaban J connectivity index is 1.44. The van der Waals surface area contributed by atoms with Crippen LogP contribution in [0.1, 0.15) is 13.3 Å². The second-order valence-corrected chi connectivity index (χ2v) is 7.13. The normalized spacial score (nSPS) is 17.5. The molecule has 0 aromatic heterocycles. The van der Waals surface area contributed by atoms with Crippen molar-refractivity contribution in [3.05, 3.63) is 24.3 Å². The summed E-state index contributed by atoms with van der Waals surface area (Å²) in [5.74, 6) is 0.581. The maximum atomic E-state index is 12.5. The minimum atomic E-state index is -0.147. The zero-order chi connectivity index (χ0) is 20.1. The fourth-order valence-electron chi connectivity index (χ4n) is 3.63. The summed E-state index contributed by atoms with van der Waals surface area (Å²) in [4.78, 5) is 43.7. The molecule has 1 aromatic rings. The molecule has 2 aliphatic rings. The van der Waals surface area contributed by atoms with Gasteiger partial charge in [-0.1, -0.05) is 0 Å². The van der Waals surface area contributed by atoms with E-state index in [0.29, 0.717) is 39.3 Å². The van der Waals surface area contributed by atoms with Crippen molar-refractivity contribution in [2.45, 2.75) is 13.3 Å². The summed E-state index contributed by atoms with van der Waals surface area (Å²) in [6.07, 6.45) is -0.0946. The molecule has 2 saturated heterocycles. The summed E-state index contributed by atoms with van der Waals surface area (Å²) in [6, 6.07) is 7.88. The van der Waals surface area contributed by atoms with Gasteiger partial charge in [-0.05, 0) is 24.3 Å². The molecule has 0 spiro atoms. The van der Waals surface area contributed by atoms with Gasteiger partial charge in [0, 0.05) is 65.0 Å². The van der Waals surface area contributed by atoms with E-state index >= 15 is 0 Å². The molecule has 0 bridgehead atoms. The highest BCUT2D eigenvalue weighted by molar-refractivity contribution is 5.97. The van der Waals surface area contributed by atoms with Gasteiger partial charge in [-0.2, -0.15) is 0 Å². The smallest absolute Gasteiger partial charge is 0.232 e. The molecule has 1 aromatic carbocycles. The highest BCUT2D eigenvalue weighted by atomic mass is 16.5. The second-order valence-electron chi connectivity index (χ2n) is 7.13. The van der Waals surface area contributed by atoms with Crippen LogP contribution in [0.3, 0.4) is 0 Å². The first-order valence-corrected chi connectivity index (χ1v) is 9.68. The van der Waals surface area contributed by atoms with Crippen LogP contribution >= 0.6 is 0 Å². The molecule has 0 atom stereocenters. The molecule has 28 heavy (non-hydrogen) atoms. The van der Waals surface area contributed by atoms with Gasteiger partial charge in [0.2, 0.25) is 17.7 Å². The van der Waals surface area contributed by atoms with Crippen LogP contribution in [-0.4, -0.2) is 91.9 Å². The number of ether oxygens (including phenoxy) is 1. The van der Waals surface area contributed by atoms with Gasteiger partial charge in [-0.15, -0.1) is 0 Å². The summed E-state index contributed by atoms with van der Waals surface area (Å²) >= 11 is 0. The largest absolute Gasteiger partial charge is 0.497 e. The molecule has 2 heterocycles. The van der Waals surface area contributed by atoms with Crippen molar-refractivity contribution in [1.82, 2.24) is 14.7 Å². The summed E-state index contributed by atoms with van der Waals surface area (Å²) in [5, 5.41) is 0. The Kier molecular flexibility index (Phi) is 6.38. The monoisotopic (exact) mass is 388 g/mol. The van der Waals surface area contributed by atoms with E-state index in [4.69, 9.17) is 4.74 Å². The topological polar surface area (TPSA) is 73.4 Å².